The van der Waals surface area contributed by atoms with Gasteiger partial charge in [-0.05, 0) is 89.0 Å². The number of fused-ring (bicyclic) bond motifs is 4. The zero-order valence-corrected chi connectivity index (χ0v) is 35.1. The van der Waals surface area contributed by atoms with Crippen LogP contribution < -0.4 is 0 Å². The standard InChI is InChI=1S/C43H69NO12/c1-10-30-17-24(2)16-25(3)18-36(53-8)39-37(54-9)20-27(5)43(51,56-39)40(48)41(49)44-15-11-12-31(23-44)42(50)55-38(28(6)33(46)22-34(30)47)26(4)19-29-13-14-32(45)35(21-29)52-7/h17,19,25,27-33,35-39,45-46,51H,10-16,18,20-23H2,1-9H3/b24-17?,26-19+/t25-,27+,28+,29-,30+,31+,32+,33-,35+,36-,37-,38+,39+,43+/m0/s1. The number of nitrogens with zero attached hydrogens (tertiary/aromatic N) is 1. The fourth-order valence-electron chi connectivity index (χ4n) is 9.36. The third-order valence-electron chi connectivity index (χ3n) is 12.9. The highest BCUT2D eigenvalue weighted by molar-refractivity contribution is 6.38. The highest BCUT2D eigenvalue weighted by atomic mass is 16.7. The zero-order valence-electron chi connectivity index (χ0n) is 35.1. The molecular weight excluding hydrogens is 722 g/mol. The smallest absolute Gasteiger partial charge is 0.311 e. The van der Waals surface area contributed by atoms with Crippen molar-refractivity contribution in [3.05, 3.63) is 23.3 Å². The Labute approximate surface area is 333 Å². The molecule has 3 fully saturated rings. The van der Waals surface area contributed by atoms with Gasteiger partial charge in [-0.25, -0.2) is 0 Å². The minimum atomic E-state index is -2.44. The summed E-state index contributed by atoms with van der Waals surface area (Å²) in [6.45, 7) is 11.3. The molecule has 3 N–H and O–H groups in total. The number of Topliss-reactive ketones (excluding diaryl/α,β-unsaturated/α-hetero) is 2. The van der Waals surface area contributed by atoms with E-state index in [4.69, 9.17) is 23.7 Å². The van der Waals surface area contributed by atoms with Crippen LogP contribution in [0.2, 0.25) is 0 Å². The van der Waals surface area contributed by atoms with Crippen LogP contribution in [0.25, 0.3) is 0 Å². The Balaban J connectivity index is 1.71. The van der Waals surface area contributed by atoms with E-state index in [2.05, 4.69) is 6.92 Å². The maximum atomic E-state index is 14.0. The monoisotopic (exact) mass is 791 g/mol. The van der Waals surface area contributed by atoms with Crippen molar-refractivity contribution in [3.8, 4) is 0 Å². The largest absolute Gasteiger partial charge is 0.457 e. The summed E-state index contributed by atoms with van der Waals surface area (Å²) in [5.41, 5.74) is 1.71. The number of ether oxygens (including phenoxy) is 5. The molecule has 4 bridgehead atoms. The fraction of sp³-hybridized carbons (Fsp3) is 0.814. The van der Waals surface area contributed by atoms with E-state index in [0.29, 0.717) is 56.9 Å². The van der Waals surface area contributed by atoms with Crippen LogP contribution in [-0.2, 0) is 42.9 Å². The summed E-state index contributed by atoms with van der Waals surface area (Å²) in [7, 11) is 4.64. The number of amides is 1. The number of aliphatic hydroxyl groups is 3. The minimum Gasteiger partial charge on any atom is -0.457 e. The number of aliphatic hydroxyl groups excluding tert-OH is 2. The molecule has 13 heteroatoms. The van der Waals surface area contributed by atoms with Crippen molar-refractivity contribution in [1.82, 2.24) is 4.90 Å². The van der Waals surface area contributed by atoms with Crippen LogP contribution >= 0.6 is 0 Å². The number of carbonyl (C=O) groups is 4. The molecule has 318 valence electrons. The normalized spacial score (nSPS) is 40.6. The molecule has 2 saturated heterocycles. The quantitative estimate of drug-likeness (QED) is 0.197. The summed E-state index contributed by atoms with van der Waals surface area (Å²) < 4.78 is 29.7. The first-order chi connectivity index (χ1) is 26.5. The molecule has 4 rings (SSSR count). The average Bonchev–Trinajstić information content (AvgIpc) is 3.18. The molecule has 0 aromatic carbocycles. The van der Waals surface area contributed by atoms with Gasteiger partial charge in [0.1, 0.15) is 18.0 Å². The Hall–Kier alpha value is -2.52. The van der Waals surface area contributed by atoms with Gasteiger partial charge in [-0.1, -0.05) is 45.4 Å². The zero-order chi connectivity index (χ0) is 41.5. The average molecular weight is 792 g/mol. The van der Waals surface area contributed by atoms with E-state index in [-0.39, 0.29) is 49.7 Å². The highest BCUT2D eigenvalue weighted by Crippen LogP contribution is 2.39. The van der Waals surface area contributed by atoms with Crippen molar-refractivity contribution in [2.24, 2.45) is 35.5 Å². The Morgan fingerprint density at radius 1 is 0.929 bits per heavy atom. The highest BCUT2D eigenvalue weighted by Gasteiger charge is 2.56. The van der Waals surface area contributed by atoms with Crippen molar-refractivity contribution in [2.45, 2.75) is 154 Å². The van der Waals surface area contributed by atoms with E-state index in [1.165, 1.54) is 19.1 Å². The first-order valence-electron chi connectivity index (χ1n) is 20.7. The molecule has 0 spiro atoms. The van der Waals surface area contributed by atoms with Crippen molar-refractivity contribution in [2.75, 3.05) is 34.4 Å². The van der Waals surface area contributed by atoms with E-state index in [9.17, 15) is 34.5 Å². The van der Waals surface area contributed by atoms with Gasteiger partial charge in [0.05, 0.1) is 36.4 Å². The molecule has 3 aliphatic heterocycles. The number of hydrogen-bond acceptors (Lipinski definition) is 12. The Morgan fingerprint density at radius 3 is 2.23 bits per heavy atom. The van der Waals surface area contributed by atoms with Gasteiger partial charge in [0.2, 0.25) is 5.79 Å². The second kappa shape index (κ2) is 20.4. The lowest BCUT2D eigenvalue weighted by atomic mass is 9.81. The van der Waals surface area contributed by atoms with Crippen LogP contribution in [0.3, 0.4) is 0 Å². The minimum absolute atomic E-state index is 0.0317. The van der Waals surface area contributed by atoms with Crippen molar-refractivity contribution >= 4 is 23.4 Å². The predicted molar refractivity (Wildman–Crippen MR) is 208 cm³/mol. The first kappa shape index (κ1) is 46.2. The number of carbonyl (C=O) groups excluding carboxylic acids is 4. The van der Waals surface area contributed by atoms with Crippen molar-refractivity contribution < 1.29 is 58.2 Å². The van der Waals surface area contributed by atoms with Gasteiger partial charge in [-0.2, -0.15) is 0 Å². The van der Waals surface area contributed by atoms with Crippen molar-refractivity contribution in [3.63, 3.8) is 0 Å². The molecule has 13 nitrogen and oxygen atoms in total. The molecule has 0 radical (unpaired) electrons. The van der Waals surface area contributed by atoms with E-state index >= 15 is 0 Å². The summed E-state index contributed by atoms with van der Waals surface area (Å²) in [6.07, 6.45) is 3.54. The molecule has 0 unspecified atom stereocenters. The molecule has 0 aromatic rings. The number of esters is 1. The molecule has 1 amide bonds. The maximum absolute atomic E-state index is 14.0. The molecule has 0 aromatic heterocycles. The molecular formula is C43H69NO12. The third kappa shape index (κ3) is 10.9. The van der Waals surface area contributed by atoms with Gasteiger partial charge in [0, 0.05) is 58.6 Å². The predicted octanol–water partition coefficient (Wildman–Crippen LogP) is 4.33. The Kier molecular flexibility index (Phi) is 16.9. The summed E-state index contributed by atoms with van der Waals surface area (Å²) in [5, 5.41) is 33.9. The second-order valence-corrected chi connectivity index (χ2v) is 17.2. The molecule has 1 saturated carbocycles. The lowest BCUT2D eigenvalue weighted by Crippen LogP contribution is -2.63. The summed E-state index contributed by atoms with van der Waals surface area (Å²) in [5.74, 6) is -7.74. The van der Waals surface area contributed by atoms with Gasteiger partial charge in [-0.3, -0.25) is 19.2 Å². The number of rotatable bonds is 6. The van der Waals surface area contributed by atoms with Crippen molar-refractivity contribution in [1.29, 1.82) is 0 Å². The van der Waals surface area contributed by atoms with Crippen LogP contribution in [0.15, 0.2) is 23.3 Å². The summed E-state index contributed by atoms with van der Waals surface area (Å²) in [6, 6.07) is 0. The van der Waals surface area contributed by atoms with Gasteiger partial charge < -0.3 is 43.9 Å². The molecule has 1 aliphatic carbocycles. The first-order valence-corrected chi connectivity index (χ1v) is 20.7. The van der Waals surface area contributed by atoms with Gasteiger partial charge in [0.25, 0.3) is 11.7 Å². The lowest BCUT2D eigenvalue weighted by Gasteiger charge is -2.46. The van der Waals surface area contributed by atoms with Gasteiger partial charge in [0.15, 0.2) is 0 Å². The van der Waals surface area contributed by atoms with E-state index < -0.39 is 83.7 Å². The SMILES string of the molecule is CC[C@@H]1C=C(C)C[C@H](C)C[C@H](OC)[C@H]2O[C@@](O)(C(=O)C(=O)N3CCC[C@H](C3)C(=O)O[C@H](/C(C)=C/[C@@H]3CC[C@@H](O)[C@H](OC)C3)[C@H](C)[C@@H](O)CC1=O)[C@H](C)C[C@@H]2OC. The van der Waals surface area contributed by atoms with E-state index in [1.807, 2.05) is 32.9 Å². The Bertz CT molecular complexity index is 1430. The number of cyclic esters (lactones) is 1. The van der Waals surface area contributed by atoms with Crippen LogP contribution in [-0.4, -0.2) is 127 Å². The van der Waals surface area contributed by atoms with Crippen LogP contribution in [0, 0.1) is 35.5 Å². The summed E-state index contributed by atoms with van der Waals surface area (Å²) >= 11 is 0. The summed E-state index contributed by atoms with van der Waals surface area (Å²) in [4.78, 5) is 57.0. The number of piperidine rings is 1. The maximum Gasteiger partial charge on any atom is 0.311 e. The fourth-order valence-corrected chi connectivity index (χ4v) is 9.36. The van der Waals surface area contributed by atoms with Crippen LogP contribution in [0.5, 0.6) is 0 Å². The third-order valence-corrected chi connectivity index (χ3v) is 12.9. The topological polar surface area (TPSA) is 178 Å². The lowest BCUT2D eigenvalue weighted by molar-refractivity contribution is -0.302. The second-order valence-electron chi connectivity index (χ2n) is 17.2. The number of methoxy groups -OCH3 is 3. The van der Waals surface area contributed by atoms with E-state index in [1.54, 1.807) is 21.0 Å². The van der Waals surface area contributed by atoms with E-state index in [0.717, 1.165) is 5.57 Å². The molecule has 14 atom stereocenters. The number of allylic oxidation sites excluding steroid dienone is 3. The molecule has 4 aliphatic rings. The number of hydrogen-bond donors (Lipinski definition) is 3. The Morgan fingerprint density at radius 2 is 1.59 bits per heavy atom. The number of ketones is 2. The van der Waals surface area contributed by atoms with Crippen LogP contribution in [0.4, 0.5) is 0 Å². The molecule has 56 heavy (non-hydrogen) atoms. The van der Waals surface area contributed by atoms with Crippen LogP contribution in [0.1, 0.15) is 106 Å². The molecule has 3 heterocycles. The van der Waals surface area contributed by atoms with Gasteiger partial charge in [-0.15, -0.1) is 0 Å². The van der Waals surface area contributed by atoms with Gasteiger partial charge >= 0.3 is 5.97 Å².